The number of para-hydroxylation sites is 1. The Morgan fingerprint density at radius 1 is 1.06 bits per heavy atom. The van der Waals surface area contributed by atoms with Gasteiger partial charge in [0, 0.05) is 18.5 Å². The normalized spacial score (nSPS) is 23.7. The molecule has 0 aliphatic carbocycles. The summed E-state index contributed by atoms with van der Waals surface area (Å²) in [7, 11) is 1.67. The molecule has 0 bridgehead atoms. The molecule has 0 radical (unpaired) electrons. The molecule has 6 heteroatoms. The van der Waals surface area contributed by atoms with Gasteiger partial charge in [0.25, 0.3) is 5.91 Å². The van der Waals surface area contributed by atoms with E-state index in [1.807, 2.05) is 51.1 Å². The number of likely N-dealkylation sites (N-methyl/N-ethyl adjacent to an activating group) is 1. The van der Waals surface area contributed by atoms with Crippen molar-refractivity contribution >= 4 is 23.4 Å². The minimum Gasteiger partial charge on any atom is -0.490 e. The molecule has 3 rings (SSSR count). The topological polar surface area (TPSA) is 58.6 Å². The molecule has 2 aromatic carbocycles. The molecule has 32 heavy (non-hydrogen) atoms. The first-order valence-corrected chi connectivity index (χ1v) is 11.4. The predicted octanol–water partition coefficient (Wildman–Crippen LogP) is 5.41. The van der Waals surface area contributed by atoms with Crippen molar-refractivity contribution in [2.45, 2.75) is 51.8 Å². The molecule has 1 N–H and O–H groups in total. The number of ether oxygens (including phenoxy) is 1. The van der Waals surface area contributed by atoms with Gasteiger partial charge in [-0.15, -0.1) is 0 Å². The molecule has 0 saturated carbocycles. The third kappa shape index (κ3) is 5.71. The third-order valence-corrected chi connectivity index (χ3v) is 5.89. The lowest BCUT2D eigenvalue weighted by Gasteiger charge is -2.32. The zero-order chi connectivity index (χ0) is 23.3. The molecule has 2 aromatic rings. The molecule has 0 fully saturated rings. The molecular formula is C26H31ClN2O3. The number of nitrogens with zero attached hydrogens (tertiary/aromatic N) is 1. The fourth-order valence-corrected chi connectivity index (χ4v) is 4.23. The molecule has 1 aliphatic rings. The number of amides is 2. The Hall–Kier alpha value is -2.79. The highest BCUT2D eigenvalue weighted by atomic mass is 35.5. The van der Waals surface area contributed by atoms with Crippen molar-refractivity contribution in [3.8, 4) is 5.75 Å². The van der Waals surface area contributed by atoms with Crippen LogP contribution in [0.1, 0.15) is 55.6 Å². The van der Waals surface area contributed by atoms with Crippen LogP contribution >= 0.6 is 11.6 Å². The standard InChI is InChI=1S/C26H31ClN2O3/c1-17(2)24-25(30)28-22(19-11-9-12-20(27)16-19)14-7-5-10-18(3)32-23-15-8-6-13-21(23)26(31)29(24)4/h5-9,11-13,15-18,22,24H,10,14H2,1-4H3,(H,28,30)/b7-5+/t18-,22+,24+/m0/s1. The van der Waals surface area contributed by atoms with Crippen LogP contribution in [0.2, 0.25) is 5.02 Å². The van der Waals surface area contributed by atoms with Crippen LogP contribution in [0.3, 0.4) is 0 Å². The number of hydrogen-bond donors (Lipinski definition) is 1. The zero-order valence-electron chi connectivity index (χ0n) is 19.0. The van der Waals surface area contributed by atoms with Crippen molar-refractivity contribution in [2.75, 3.05) is 7.05 Å². The van der Waals surface area contributed by atoms with Crippen molar-refractivity contribution in [1.29, 1.82) is 0 Å². The SMILES string of the molecule is CC(C)[C@@H]1C(=O)N[C@@H](c2cccc(Cl)c2)C/C=C/C[C@H](C)Oc2ccccc2C(=O)N1C. The first-order chi connectivity index (χ1) is 15.3. The summed E-state index contributed by atoms with van der Waals surface area (Å²) in [5, 5.41) is 3.78. The average molecular weight is 455 g/mol. The first kappa shape index (κ1) is 23.9. The summed E-state index contributed by atoms with van der Waals surface area (Å²) < 4.78 is 6.09. The summed E-state index contributed by atoms with van der Waals surface area (Å²) in [6.07, 6.45) is 5.30. The van der Waals surface area contributed by atoms with Crippen LogP contribution in [-0.2, 0) is 4.79 Å². The summed E-state index contributed by atoms with van der Waals surface area (Å²) >= 11 is 6.21. The van der Waals surface area contributed by atoms with Gasteiger partial charge in [-0.2, -0.15) is 0 Å². The van der Waals surface area contributed by atoms with Crippen molar-refractivity contribution in [2.24, 2.45) is 5.92 Å². The highest BCUT2D eigenvalue weighted by molar-refractivity contribution is 6.30. The molecule has 0 spiro atoms. The Morgan fingerprint density at radius 2 is 1.78 bits per heavy atom. The van der Waals surface area contributed by atoms with E-state index in [9.17, 15) is 9.59 Å². The van der Waals surface area contributed by atoms with E-state index in [2.05, 4.69) is 17.5 Å². The van der Waals surface area contributed by atoms with Crippen LogP contribution in [0, 0.1) is 5.92 Å². The van der Waals surface area contributed by atoms with Crippen LogP contribution in [-0.4, -0.2) is 35.9 Å². The fourth-order valence-electron chi connectivity index (χ4n) is 4.03. The Morgan fingerprint density at radius 3 is 2.50 bits per heavy atom. The quantitative estimate of drug-likeness (QED) is 0.617. The summed E-state index contributed by atoms with van der Waals surface area (Å²) in [5.74, 6) is 0.00745. The van der Waals surface area contributed by atoms with Crippen molar-refractivity contribution in [1.82, 2.24) is 10.2 Å². The van der Waals surface area contributed by atoms with Gasteiger partial charge >= 0.3 is 0 Å². The van der Waals surface area contributed by atoms with E-state index in [0.717, 1.165) is 5.56 Å². The van der Waals surface area contributed by atoms with Crippen molar-refractivity contribution < 1.29 is 14.3 Å². The van der Waals surface area contributed by atoms with E-state index >= 15 is 0 Å². The smallest absolute Gasteiger partial charge is 0.258 e. The fraction of sp³-hybridized carbons (Fsp3) is 0.385. The Bertz CT molecular complexity index is 989. The van der Waals surface area contributed by atoms with Gasteiger partial charge in [-0.3, -0.25) is 9.59 Å². The second kappa shape index (κ2) is 10.7. The Balaban J connectivity index is 2.01. The minimum atomic E-state index is -0.637. The van der Waals surface area contributed by atoms with Gasteiger partial charge in [-0.25, -0.2) is 0 Å². The van der Waals surface area contributed by atoms with E-state index in [1.165, 1.54) is 4.90 Å². The lowest BCUT2D eigenvalue weighted by Crippen LogP contribution is -2.51. The van der Waals surface area contributed by atoms with Gasteiger partial charge in [0.15, 0.2) is 0 Å². The number of hydrogen-bond acceptors (Lipinski definition) is 3. The highest BCUT2D eigenvalue weighted by Gasteiger charge is 2.33. The number of halogens is 1. The van der Waals surface area contributed by atoms with Gasteiger partial charge < -0.3 is 15.0 Å². The maximum Gasteiger partial charge on any atom is 0.258 e. The lowest BCUT2D eigenvalue weighted by atomic mass is 9.98. The number of carbonyl (C=O) groups excluding carboxylic acids is 2. The van der Waals surface area contributed by atoms with Gasteiger partial charge in [0.2, 0.25) is 5.91 Å². The number of benzene rings is 2. The Labute approximate surface area is 195 Å². The first-order valence-electron chi connectivity index (χ1n) is 11.0. The van der Waals surface area contributed by atoms with Crippen molar-refractivity contribution in [3.05, 3.63) is 76.8 Å². The van der Waals surface area contributed by atoms with E-state index in [0.29, 0.717) is 29.2 Å². The van der Waals surface area contributed by atoms with Crippen LogP contribution in [0.25, 0.3) is 0 Å². The molecule has 1 heterocycles. The highest BCUT2D eigenvalue weighted by Crippen LogP contribution is 2.26. The Kier molecular flexibility index (Phi) is 7.97. The van der Waals surface area contributed by atoms with Crippen LogP contribution in [0.15, 0.2) is 60.7 Å². The summed E-state index contributed by atoms with van der Waals surface area (Å²) in [6.45, 7) is 5.86. The summed E-state index contributed by atoms with van der Waals surface area (Å²) in [6, 6.07) is 13.8. The molecule has 0 saturated heterocycles. The van der Waals surface area contributed by atoms with Crippen LogP contribution in [0.5, 0.6) is 5.75 Å². The van der Waals surface area contributed by atoms with Crippen LogP contribution < -0.4 is 10.1 Å². The maximum atomic E-state index is 13.4. The van der Waals surface area contributed by atoms with E-state index in [4.69, 9.17) is 16.3 Å². The molecule has 5 nitrogen and oxygen atoms in total. The zero-order valence-corrected chi connectivity index (χ0v) is 19.8. The maximum absolute atomic E-state index is 13.4. The predicted molar refractivity (Wildman–Crippen MR) is 128 cm³/mol. The molecule has 1 aliphatic heterocycles. The summed E-state index contributed by atoms with van der Waals surface area (Å²) in [5.41, 5.74) is 1.38. The van der Waals surface area contributed by atoms with Gasteiger partial charge in [0.1, 0.15) is 11.8 Å². The van der Waals surface area contributed by atoms with E-state index < -0.39 is 6.04 Å². The molecule has 0 unspecified atom stereocenters. The largest absolute Gasteiger partial charge is 0.490 e. The molecule has 2 amide bonds. The van der Waals surface area contributed by atoms with Gasteiger partial charge in [-0.1, -0.05) is 61.9 Å². The number of rotatable bonds is 2. The van der Waals surface area contributed by atoms with E-state index in [1.54, 1.807) is 25.2 Å². The summed E-state index contributed by atoms with van der Waals surface area (Å²) in [4.78, 5) is 28.3. The number of fused-ring (bicyclic) bond motifs is 1. The minimum absolute atomic E-state index is 0.0839. The molecule has 3 atom stereocenters. The average Bonchev–Trinajstić information content (AvgIpc) is 2.75. The molecule has 170 valence electrons. The van der Waals surface area contributed by atoms with Crippen molar-refractivity contribution in [3.63, 3.8) is 0 Å². The second-order valence-electron chi connectivity index (χ2n) is 8.59. The lowest BCUT2D eigenvalue weighted by molar-refractivity contribution is -0.127. The van der Waals surface area contributed by atoms with Gasteiger partial charge in [-0.05, 0) is 49.1 Å². The van der Waals surface area contributed by atoms with Crippen LogP contribution in [0.4, 0.5) is 0 Å². The second-order valence-corrected chi connectivity index (χ2v) is 9.02. The van der Waals surface area contributed by atoms with E-state index in [-0.39, 0.29) is 29.9 Å². The number of nitrogens with one attached hydrogen (secondary N) is 1. The number of carbonyl (C=O) groups is 2. The molecule has 0 aromatic heterocycles. The third-order valence-electron chi connectivity index (χ3n) is 5.66. The van der Waals surface area contributed by atoms with Gasteiger partial charge in [0.05, 0.1) is 17.7 Å². The monoisotopic (exact) mass is 454 g/mol. The molecular weight excluding hydrogens is 424 g/mol.